The van der Waals surface area contributed by atoms with Gasteiger partial charge in [-0.25, -0.2) is 4.79 Å². The maximum atomic E-state index is 11.3. The Balaban J connectivity index is 2.05. The van der Waals surface area contributed by atoms with Crippen molar-refractivity contribution >= 4 is 28.7 Å². The molecule has 0 spiro atoms. The first kappa shape index (κ1) is 19.9. The number of carbonyl (C=O) groups excluding carboxylic acids is 1. The van der Waals surface area contributed by atoms with Crippen molar-refractivity contribution in [2.45, 2.75) is 6.92 Å². The van der Waals surface area contributed by atoms with Gasteiger partial charge in [0.25, 0.3) is 0 Å². The number of amides is 1. The zero-order valence-electron chi connectivity index (χ0n) is 16.4. The number of carboxylic acid groups (broad SMARTS) is 1. The average molecular weight is 391 g/mol. The van der Waals surface area contributed by atoms with Gasteiger partial charge in [0.15, 0.2) is 0 Å². The molecule has 6 heteroatoms. The number of aliphatic carboxylic acids is 1. The quantitative estimate of drug-likeness (QED) is 0.619. The lowest BCUT2D eigenvalue weighted by Gasteiger charge is -2.14. The SMILES string of the molecule is COc1cccc(OC)c1-c1ccc2cc(/C=C(\NC(C)=O)C(=O)O)ccc2c1. The highest BCUT2D eigenvalue weighted by molar-refractivity contribution is 5.97. The molecule has 148 valence electrons. The molecule has 29 heavy (non-hydrogen) atoms. The van der Waals surface area contributed by atoms with E-state index >= 15 is 0 Å². The van der Waals surface area contributed by atoms with Gasteiger partial charge < -0.3 is 19.9 Å². The molecule has 0 unspecified atom stereocenters. The van der Waals surface area contributed by atoms with Gasteiger partial charge in [-0.1, -0.05) is 30.3 Å². The maximum absolute atomic E-state index is 11.3. The summed E-state index contributed by atoms with van der Waals surface area (Å²) in [6, 6.07) is 17.1. The van der Waals surface area contributed by atoms with Gasteiger partial charge in [0, 0.05) is 6.92 Å². The van der Waals surface area contributed by atoms with E-state index in [2.05, 4.69) is 5.32 Å². The predicted octanol–water partition coefficient (Wildman–Crippen LogP) is 4.09. The first-order chi connectivity index (χ1) is 13.9. The second kappa shape index (κ2) is 8.48. The van der Waals surface area contributed by atoms with Gasteiger partial charge >= 0.3 is 5.97 Å². The predicted molar refractivity (Wildman–Crippen MR) is 112 cm³/mol. The summed E-state index contributed by atoms with van der Waals surface area (Å²) in [5, 5.41) is 13.5. The van der Waals surface area contributed by atoms with Crippen molar-refractivity contribution < 1.29 is 24.2 Å². The van der Waals surface area contributed by atoms with Gasteiger partial charge in [0.1, 0.15) is 17.2 Å². The van der Waals surface area contributed by atoms with Crippen molar-refractivity contribution in [2.75, 3.05) is 14.2 Å². The van der Waals surface area contributed by atoms with Crippen LogP contribution in [0, 0.1) is 0 Å². The van der Waals surface area contributed by atoms with Gasteiger partial charge in [0.05, 0.1) is 19.8 Å². The van der Waals surface area contributed by atoms with E-state index in [1.54, 1.807) is 20.3 Å². The number of methoxy groups -OCH3 is 2. The molecule has 1 amide bonds. The number of nitrogens with one attached hydrogen (secondary N) is 1. The summed E-state index contributed by atoms with van der Waals surface area (Å²) in [7, 11) is 3.24. The number of fused-ring (bicyclic) bond motifs is 1. The van der Waals surface area contributed by atoms with Crippen LogP contribution in [-0.2, 0) is 9.59 Å². The summed E-state index contributed by atoms with van der Waals surface area (Å²) in [6.07, 6.45) is 1.43. The molecule has 3 aromatic carbocycles. The molecule has 0 bridgehead atoms. The van der Waals surface area contributed by atoms with E-state index in [1.165, 1.54) is 13.0 Å². The fraction of sp³-hybridized carbons (Fsp3) is 0.130. The van der Waals surface area contributed by atoms with Crippen LogP contribution in [-0.4, -0.2) is 31.2 Å². The van der Waals surface area contributed by atoms with Gasteiger partial charge in [-0.2, -0.15) is 0 Å². The monoisotopic (exact) mass is 391 g/mol. The largest absolute Gasteiger partial charge is 0.496 e. The van der Waals surface area contributed by atoms with Gasteiger partial charge in [-0.15, -0.1) is 0 Å². The van der Waals surface area contributed by atoms with Crippen molar-refractivity contribution in [2.24, 2.45) is 0 Å². The van der Waals surface area contributed by atoms with Crippen LogP contribution < -0.4 is 14.8 Å². The molecule has 0 heterocycles. The molecule has 0 atom stereocenters. The zero-order valence-corrected chi connectivity index (χ0v) is 16.4. The highest BCUT2D eigenvalue weighted by Crippen LogP contribution is 2.39. The molecule has 3 aromatic rings. The van der Waals surface area contributed by atoms with Crippen molar-refractivity contribution in [3.63, 3.8) is 0 Å². The van der Waals surface area contributed by atoms with Gasteiger partial charge in [-0.3, -0.25) is 4.79 Å². The normalized spacial score (nSPS) is 11.2. The molecule has 0 saturated carbocycles. The Labute approximate surface area is 168 Å². The first-order valence-corrected chi connectivity index (χ1v) is 8.90. The summed E-state index contributed by atoms with van der Waals surface area (Å²) < 4.78 is 11.0. The summed E-state index contributed by atoms with van der Waals surface area (Å²) in [5.74, 6) is -0.205. The molecular weight excluding hydrogens is 370 g/mol. The van der Waals surface area contributed by atoms with Crippen LogP contribution >= 0.6 is 0 Å². The van der Waals surface area contributed by atoms with Crippen molar-refractivity contribution in [1.29, 1.82) is 0 Å². The van der Waals surface area contributed by atoms with Gasteiger partial charge in [-0.05, 0) is 52.2 Å². The molecule has 2 N–H and O–H groups in total. The van der Waals surface area contributed by atoms with Crippen molar-refractivity contribution in [3.8, 4) is 22.6 Å². The lowest BCUT2D eigenvalue weighted by Crippen LogP contribution is -2.24. The van der Waals surface area contributed by atoms with E-state index in [9.17, 15) is 14.7 Å². The summed E-state index contributed by atoms with van der Waals surface area (Å²) in [4.78, 5) is 22.5. The molecular formula is C23H21NO5. The minimum atomic E-state index is -1.20. The van der Waals surface area contributed by atoms with E-state index in [-0.39, 0.29) is 5.70 Å². The van der Waals surface area contributed by atoms with E-state index in [0.29, 0.717) is 17.1 Å². The number of ether oxygens (including phenoxy) is 2. The minimum Gasteiger partial charge on any atom is -0.496 e. The summed E-state index contributed by atoms with van der Waals surface area (Å²) in [5.41, 5.74) is 2.31. The van der Waals surface area contributed by atoms with Crippen LogP contribution in [0.4, 0.5) is 0 Å². The molecule has 0 aliphatic heterocycles. The third-order valence-corrected chi connectivity index (χ3v) is 4.43. The number of carboxylic acids is 1. The second-order valence-corrected chi connectivity index (χ2v) is 6.40. The van der Waals surface area contributed by atoms with E-state index in [0.717, 1.165) is 21.9 Å². The number of benzene rings is 3. The maximum Gasteiger partial charge on any atom is 0.352 e. The Morgan fingerprint density at radius 3 is 2.14 bits per heavy atom. The van der Waals surface area contributed by atoms with Crippen LogP contribution in [0.15, 0.2) is 60.3 Å². The summed E-state index contributed by atoms with van der Waals surface area (Å²) in [6.45, 7) is 1.27. The molecule has 3 rings (SSSR count). The Bertz CT molecular complexity index is 1100. The van der Waals surface area contributed by atoms with Crippen LogP contribution in [0.5, 0.6) is 11.5 Å². The molecule has 0 aliphatic rings. The number of carbonyl (C=O) groups is 2. The van der Waals surface area contributed by atoms with Crippen LogP contribution in [0.1, 0.15) is 12.5 Å². The Morgan fingerprint density at radius 1 is 0.931 bits per heavy atom. The second-order valence-electron chi connectivity index (χ2n) is 6.40. The van der Waals surface area contributed by atoms with Crippen LogP contribution in [0.2, 0.25) is 0 Å². The van der Waals surface area contributed by atoms with Gasteiger partial charge in [0.2, 0.25) is 5.91 Å². The Hall–Kier alpha value is -3.80. The smallest absolute Gasteiger partial charge is 0.352 e. The number of rotatable bonds is 6. The fourth-order valence-electron chi connectivity index (χ4n) is 3.15. The van der Waals surface area contributed by atoms with E-state index < -0.39 is 11.9 Å². The highest BCUT2D eigenvalue weighted by Gasteiger charge is 2.13. The standard InChI is InChI=1S/C23H21NO5/c1-14(25)24-19(23(26)27)12-15-7-8-17-13-18(10-9-16(17)11-15)22-20(28-2)5-4-6-21(22)29-3/h4-13H,1-3H3,(H,24,25)(H,26,27)/b19-12-. The van der Waals surface area contributed by atoms with Crippen LogP contribution in [0.25, 0.3) is 28.0 Å². The highest BCUT2D eigenvalue weighted by atomic mass is 16.5. The third-order valence-electron chi connectivity index (χ3n) is 4.43. The summed E-state index contributed by atoms with van der Waals surface area (Å²) >= 11 is 0. The Morgan fingerprint density at radius 2 is 1.55 bits per heavy atom. The first-order valence-electron chi connectivity index (χ1n) is 8.90. The third kappa shape index (κ3) is 4.38. The van der Waals surface area contributed by atoms with Crippen molar-refractivity contribution in [1.82, 2.24) is 5.32 Å². The number of hydrogen-bond donors (Lipinski definition) is 2. The molecule has 0 saturated heterocycles. The number of hydrogen-bond acceptors (Lipinski definition) is 4. The molecule has 0 aliphatic carbocycles. The van der Waals surface area contributed by atoms with Crippen LogP contribution in [0.3, 0.4) is 0 Å². The average Bonchev–Trinajstić information content (AvgIpc) is 2.71. The van der Waals surface area contributed by atoms with E-state index in [1.807, 2.05) is 48.5 Å². The van der Waals surface area contributed by atoms with Crippen molar-refractivity contribution in [3.05, 3.63) is 65.9 Å². The molecule has 0 aromatic heterocycles. The molecule has 6 nitrogen and oxygen atoms in total. The zero-order chi connectivity index (χ0) is 21.0. The van der Waals surface area contributed by atoms with E-state index in [4.69, 9.17) is 9.47 Å². The molecule has 0 radical (unpaired) electrons. The lowest BCUT2D eigenvalue weighted by molar-refractivity contribution is -0.134. The Kier molecular flexibility index (Phi) is 5.83. The fourth-order valence-corrected chi connectivity index (χ4v) is 3.15. The minimum absolute atomic E-state index is 0.174. The lowest BCUT2D eigenvalue weighted by atomic mass is 9.98. The topological polar surface area (TPSA) is 84.9 Å². The molecule has 0 fully saturated rings.